The van der Waals surface area contributed by atoms with Crippen molar-refractivity contribution in [3.05, 3.63) is 54.1 Å². The maximum absolute atomic E-state index is 4.20. The number of hydrogen-bond acceptors (Lipinski definition) is 4. The van der Waals surface area contributed by atoms with Gasteiger partial charge in [0.25, 0.3) is 0 Å². The highest BCUT2D eigenvalue weighted by atomic mass is 15.1. The van der Waals surface area contributed by atoms with E-state index in [1.807, 2.05) is 12.1 Å². The molecule has 4 nitrogen and oxygen atoms in total. The van der Waals surface area contributed by atoms with E-state index in [1.54, 1.807) is 12.5 Å². The Kier molecular flexibility index (Phi) is 4.25. The molecule has 0 atom stereocenters. The number of nitrogens with one attached hydrogen (secondary N) is 1. The molecule has 2 rings (SSSR count). The van der Waals surface area contributed by atoms with E-state index in [-0.39, 0.29) is 0 Å². The fraction of sp³-hybridized carbons (Fsp3) is 0.286. The van der Waals surface area contributed by atoms with Crippen LogP contribution in [0.3, 0.4) is 0 Å². The van der Waals surface area contributed by atoms with Gasteiger partial charge in [0.1, 0.15) is 6.33 Å². The number of anilines is 1. The lowest BCUT2D eigenvalue weighted by atomic mass is 10.1. The normalized spacial score (nSPS) is 10.6. The van der Waals surface area contributed by atoms with Crippen LogP contribution in [-0.4, -0.2) is 29.0 Å². The predicted molar refractivity (Wildman–Crippen MR) is 73.2 cm³/mol. The molecule has 0 fully saturated rings. The zero-order chi connectivity index (χ0) is 12.8. The maximum atomic E-state index is 4.20. The van der Waals surface area contributed by atoms with Gasteiger partial charge in [-0.15, -0.1) is 0 Å². The van der Waals surface area contributed by atoms with Gasteiger partial charge in [-0.25, -0.2) is 9.97 Å². The second-order valence-electron chi connectivity index (χ2n) is 4.45. The molecule has 94 valence electrons. The van der Waals surface area contributed by atoms with E-state index in [0.29, 0.717) is 6.54 Å². The Morgan fingerprint density at radius 1 is 1.17 bits per heavy atom. The van der Waals surface area contributed by atoms with E-state index in [0.717, 1.165) is 17.9 Å². The highest BCUT2D eigenvalue weighted by Crippen LogP contribution is 2.16. The van der Waals surface area contributed by atoms with Gasteiger partial charge in [0.2, 0.25) is 0 Å². The molecule has 0 aliphatic heterocycles. The summed E-state index contributed by atoms with van der Waals surface area (Å²) < 4.78 is 0. The van der Waals surface area contributed by atoms with E-state index in [9.17, 15) is 0 Å². The molecule has 18 heavy (non-hydrogen) atoms. The van der Waals surface area contributed by atoms with Gasteiger partial charge in [-0.3, -0.25) is 0 Å². The summed E-state index contributed by atoms with van der Waals surface area (Å²) in [6.45, 7) is 1.64. The average molecular weight is 242 g/mol. The molecule has 0 aliphatic rings. The van der Waals surface area contributed by atoms with Crippen LogP contribution >= 0.6 is 0 Å². The van der Waals surface area contributed by atoms with Gasteiger partial charge >= 0.3 is 0 Å². The number of nitrogens with zero attached hydrogens (tertiary/aromatic N) is 3. The molecule has 0 amide bonds. The zero-order valence-corrected chi connectivity index (χ0v) is 10.8. The second kappa shape index (κ2) is 6.12. The van der Waals surface area contributed by atoms with Gasteiger partial charge in [-0.1, -0.05) is 18.2 Å². The van der Waals surface area contributed by atoms with Crippen LogP contribution < -0.4 is 5.32 Å². The van der Waals surface area contributed by atoms with E-state index >= 15 is 0 Å². The van der Waals surface area contributed by atoms with E-state index in [2.05, 4.69) is 52.5 Å². The van der Waals surface area contributed by atoms with Gasteiger partial charge in [0.15, 0.2) is 0 Å². The van der Waals surface area contributed by atoms with Crippen molar-refractivity contribution in [1.29, 1.82) is 0 Å². The van der Waals surface area contributed by atoms with Gasteiger partial charge in [-0.05, 0) is 31.8 Å². The lowest BCUT2D eigenvalue weighted by Gasteiger charge is -2.15. The summed E-state index contributed by atoms with van der Waals surface area (Å²) in [5.41, 5.74) is 3.44. The Labute approximate surface area is 108 Å². The van der Waals surface area contributed by atoms with Crippen molar-refractivity contribution in [1.82, 2.24) is 14.9 Å². The van der Waals surface area contributed by atoms with Gasteiger partial charge in [0.05, 0.1) is 12.2 Å². The maximum Gasteiger partial charge on any atom is 0.115 e. The first-order valence-corrected chi connectivity index (χ1v) is 5.97. The van der Waals surface area contributed by atoms with Crippen molar-refractivity contribution in [2.45, 2.75) is 13.1 Å². The Balaban J connectivity index is 2.05. The first-order valence-electron chi connectivity index (χ1n) is 5.97. The van der Waals surface area contributed by atoms with Crippen LogP contribution in [0.5, 0.6) is 0 Å². The Bertz CT molecular complexity index is 482. The standard InChI is InChI=1S/C14H18N4/c1-18(2)10-12-5-3-4-6-14(12)16-9-13-7-8-15-11-17-13/h3-8,11,16H,9-10H2,1-2H3. The molecule has 0 radical (unpaired) electrons. The molecule has 4 heteroatoms. The molecule has 0 bridgehead atoms. The molecule has 1 aromatic carbocycles. The molecule has 0 saturated heterocycles. The number of benzene rings is 1. The van der Waals surface area contributed by atoms with Crippen molar-refractivity contribution >= 4 is 5.69 Å². The lowest BCUT2D eigenvalue weighted by molar-refractivity contribution is 0.403. The van der Waals surface area contributed by atoms with Crippen molar-refractivity contribution in [3.8, 4) is 0 Å². The zero-order valence-electron chi connectivity index (χ0n) is 10.8. The third kappa shape index (κ3) is 3.53. The van der Waals surface area contributed by atoms with Crippen LogP contribution in [0.2, 0.25) is 0 Å². The quantitative estimate of drug-likeness (QED) is 0.872. The van der Waals surface area contributed by atoms with Gasteiger partial charge < -0.3 is 10.2 Å². The molecule has 2 aromatic rings. The molecule has 0 saturated carbocycles. The molecular weight excluding hydrogens is 224 g/mol. The molecule has 1 aromatic heterocycles. The highest BCUT2D eigenvalue weighted by molar-refractivity contribution is 5.51. The Morgan fingerprint density at radius 3 is 2.72 bits per heavy atom. The van der Waals surface area contributed by atoms with Crippen molar-refractivity contribution < 1.29 is 0 Å². The SMILES string of the molecule is CN(C)Cc1ccccc1NCc1ccncn1. The van der Waals surface area contributed by atoms with Crippen molar-refractivity contribution in [3.63, 3.8) is 0 Å². The summed E-state index contributed by atoms with van der Waals surface area (Å²) in [5, 5.41) is 3.42. The summed E-state index contributed by atoms with van der Waals surface area (Å²) in [5.74, 6) is 0. The fourth-order valence-corrected chi connectivity index (χ4v) is 1.78. The highest BCUT2D eigenvalue weighted by Gasteiger charge is 2.02. The number of rotatable bonds is 5. The summed E-state index contributed by atoms with van der Waals surface area (Å²) in [6, 6.07) is 10.3. The monoisotopic (exact) mass is 242 g/mol. The minimum atomic E-state index is 0.715. The van der Waals surface area contributed by atoms with Crippen LogP contribution in [0.4, 0.5) is 5.69 Å². The second-order valence-corrected chi connectivity index (χ2v) is 4.45. The van der Waals surface area contributed by atoms with Crippen LogP contribution in [0.1, 0.15) is 11.3 Å². The summed E-state index contributed by atoms with van der Waals surface area (Å²) in [6.07, 6.45) is 3.33. The molecule has 0 unspecified atom stereocenters. The first-order chi connectivity index (χ1) is 8.75. The minimum Gasteiger partial charge on any atom is -0.379 e. The van der Waals surface area contributed by atoms with E-state index in [1.165, 1.54) is 5.56 Å². The summed E-state index contributed by atoms with van der Waals surface area (Å²) in [7, 11) is 4.14. The molecule has 0 aliphatic carbocycles. The smallest absolute Gasteiger partial charge is 0.115 e. The predicted octanol–water partition coefficient (Wildman–Crippen LogP) is 2.15. The molecule has 1 heterocycles. The third-order valence-electron chi connectivity index (χ3n) is 2.61. The van der Waals surface area contributed by atoms with Crippen LogP contribution in [0.25, 0.3) is 0 Å². The summed E-state index contributed by atoms with van der Waals surface area (Å²) in [4.78, 5) is 10.3. The minimum absolute atomic E-state index is 0.715. The Morgan fingerprint density at radius 2 is 2.00 bits per heavy atom. The first kappa shape index (κ1) is 12.5. The summed E-state index contributed by atoms with van der Waals surface area (Å²) >= 11 is 0. The van der Waals surface area contributed by atoms with Crippen LogP contribution in [0, 0.1) is 0 Å². The molecule has 0 spiro atoms. The average Bonchev–Trinajstić information content (AvgIpc) is 2.38. The van der Waals surface area contributed by atoms with Crippen molar-refractivity contribution in [2.24, 2.45) is 0 Å². The number of aromatic nitrogens is 2. The van der Waals surface area contributed by atoms with Crippen LogP contribution in [-0.2, 0) is 13.1 Å². The van der Waals surface area contributed by atoms with Crippen LogP contribution in [0.15, 0.2) is 42.9 Å². The van der Waals surface area contributed by atoms with Gasteiger partial charge in [-0.2, -0.15) is 0 Å². The molecular formula is C14H18N4. The topological polar surface area (TPSA) is 41.0 Å². The number of hydrogen-bond donors (Lipinski definition) is 1. The molecule has 1 N–H and O–H groups in total. The Hall–Kier alpha value is -1.94. The van der Waals surface area contributed by atoms with E-state index < -0.39 is 0 Å². The largest absolute Gasteiger partial charge is 0.379 e. The fourth-order valence-electron chi connectivity index (χ4n) is 1.78. The lowest BCUT2D eigenvalue weighted by Crippen LogP contribution is -2.13. The van der Waals surface area contributed by atoms with Crippen molar-refractivity contribution in [2.75, 3.05) is 19.4 Å². The number of para-hydroxylation sites is 1. The van der Waals surface area contributed by atoms with Gasteiger partial charge in [0, 0.05) is 18.4 Å². The van der Waals surface area contributed by atoms with E-state index in [4.69, 9.17) is 0 Å². The third-order valence-corrected chi connectivity index (χ3v) is 2.61.